The molecule has 90 valence electrons. The Morgan fingerprint density at radius 3 is 2.67 bits per heavy atom. The van der Waals surface area contributed by atoms with Gasteiger partial charge in [-0.2, -0.15) is 11.8 Å². The lowest BCUT2D eigenvalue weighted by molar-refractivity contribution is 0.276. The Kier molecular flexibility index (Phi) is 10.5. The number of thioether (sulfide) groups is 1. The van der Waals surface area contributed by atoms with E-state index in [1.54, 1.807) is 11.8 Å². The molecular formula is C12H25NOS. The molecule has 0 radical (unpaired) electrons. The summed E-state index contributed by atoms with van der Waals surface area (Å²) in [5.74, 6) is 0. The molecule has 15 heavy (non-hydrogen) atoms. The van der Waals surface area contributed by atoms with E-state index < -0.39 is 0 Å². The molecule has 0 heterocycles. The zero-order chi connectivity index (χ0) is 11.5. The molecule has 3 heteroatoms. The molecular weight excluding hydrogens is 206 g/mol. The van der Waals surface area contributed by atoms with Crippen molar-refractivity contribution in [3.63, 3.8) is 0 Å². The van der Waals surface area contributed by atoms with Crippen LogP contribution < -0.4 is 5.32 Å². The van der Waals surface area contributed by atoms with Crippen molar-refractivity contribution in [1.29, 1.82) is 0 Å². The molecule has 2 nitrogen and oxygen atoms in total. The maximum absolute atomic E-state index is 9.10. The van der Waals surface area contributed by atoms with Gasteiger partial charge in [0.2, 0.25) is 0 Å². The van der Waals surface area contributed by atoms with Gasteiger partial charge in [-0.15, -0.1) is 6.58 Å². The van der Waals surface area contributed by atoms with Crippen LogP contribution in [0.3, 0.4) is 0 Å². The summed E-state index contributed by atoms with van der Waals surface area (Å²) < 4.78 is 0. The van der Waals surface area contributed by atoms with Crippen LogP contribution in [0.2, 0.25) is 0 Å². The zero-order valence-electron chi connectivity index (χ0n) is 10.0. The fraction of sp³-hybridized carbons (Fsp3) is 0.833. The highest BCUT2D eigenvalue weighted by Gasteiger charge is 2.13. The Balaban J connectivity index is 3.37. The molecule has 0 amide bonds. The van der Waals surface area contributed by atoms with Gasteiger partial charge in [0, 0.05) is 11.3 Å². The zero-order valence-corrected chi connectivity index (χ0v) is 10.9. The molecule has 0 aromatic rings. The molecule has 2 atom stereocenters. The van der Waals surface area contributed by atoms with Crippen molar-refractivity contribution < 1.29 is 5.11 Å². The molecule has 0 spiro atoms. The van der Waals surface area contributed by atoms with Gasteiger partial charge >= 0.3 is 0 Å². The Hall–Kier alpha value is 0.0100. The van der Waals surface area contributed by atoms with Gasteiger partial charge in [-0.3, -0.25) is 0 Å². The van der Waals surface area contributed by atoms with E-state index in [0.29, 0.717) is 11.3 Å². The maximum Gasteiger partial charge on any atom is 0.0564 e. The molecule has 0 aliphatic carbocycles. The predicted molar refractivity (Wildman–Crippen MR) is 70.5 cm³/mol. The van der Waals surface area contributed by atoms with Gasteiger partial charge < -0.3 is 10.4 Å². The summed E-state index contributed by atoms with van der Waals surface area (Å²) in [7, 11) is 0. The summed E-state index contributed by atoms with van der Waals surface area (Å²) in [4.78, 5) is 0. The van der Waals surface area contributed by atoms with E-state index in [1.165, 1.54) is 19.3 Å². The van der Waals surface area contributed by atoms with E-state index in [2.05, 4.69) is 18.8 Å². The molecule has 2 unspecified atom stereocenters. The van der Waals surface area contributed by atoms with Crippen molar-refractivity contribution >= 4 is 11.8 Å². The van der Waals surface area contributed by atoms with E-state index in [4.69, 9.17) is 5.11 Å². The average molecular weight is 231 g/mol. The quantitative estimate of drug-likeness (QED) is 0.447. The van der Waals surface area contributed by atoms with E-state index in [9.17, 15) is 0 Å². The summed E-state index contributed by atoms with van der Waals surface area (Å²) in [6.45, 7) is 7.15. The van der Waals surface area contributed by atoms with Crippen LogP contribution in [-0.4, -0.2) is 35.8 Å². The summed E-state index contributed by atoms with van der Waals surface area (Å²) in [5.41, 5.74) is 0. The van der Waals surface area contributed by atoms with Crippen molar-refractivity contribution in [2.75, 3.05) is 19.4 Å². The highest BCUT2D eigenvalue weighted by Crippen LogP contribution is 2.10. The first-order chi connectivity index (χ1) is 7.26. The van der Waals surface area contributed by atoms with E-state index >= 15 is 0 Å². The second-order valence-corrected chi connectivity index (χ2v) is 4.91. The van der Waals surface area contributed by atoms with Gasteiger partial charge in [0.15, 0.2) is 0 Å². The Morgan fingerprint density at radius 1 is 1.40 bits per heavy atom. The summed E-state index contributed by atoms with van der Waals surface area (Å²) in [6.07, 6.45) is 8.86. The molecule has 0 rings (SSSR count). The van der Waals surface area contributed by atoms with Crippen molar-refractivity contribution in [2.45, 2.75) is 43.9 Å². The van der Waals surface area contributed by atoms with Crippen LogP contribution in [0.4, 0.5) is 0 Å². The van der Waals surface area contributed by atoms with Crippen LogP contribution in [0.15, 0.2) is 12.7 Å². The second-order valence-electron chi connectivity index (χ2n) is 3.84. The fourth-order valence-corrected chi connectivity index (χ4v) is 2.14. The molecule has 0 aliphatic rings. The van der Waals surface area contributed by atoms with E-state index in [1.807, 2.05) is 12.3 Å². The number of allylic oxidation sites excluding steroid dienone is 1. The second kappa shape index (κ2) is 10.5. The number of hydrogen-bond donors (Lipinski definition) is 2. The Morgan fingerprint density at radius 2 is 2.13 bits per heavy atom. The highest BCUT2D eigenvalue weighted by atomic mass is 32.2. The van der Waals surface area contributed by atoms with E-state index in [0.717, 1.165) is 13.0 Å². The third-order valence-corrected chi connectivity index (χ3v) is 3.75. The summed E-state index contributed by atoms with van der Waals surface area (Å²) in [6, 6.07) is 0.393. The van der Waals surface area contributed by atoms with Gasteiger partial charge in [0.25, 0.3) is 0 Å². The van der Waals surface area contributed by atoms with Gasteiger partial charge in [-0.25, -0.2) is 0 Å². The minimum atomic E-state index is 0.256. The van der Waals surface area contributed by atoms with E-state index in [-0.39, 0.29) is 6.61 Å². The Labute approximate surface area is 98.5 Å². The molecule has 0 saturated heterocycles. The topological polar surface area (TPSA) is 32.3 Å². The molecule has 0 aromatic heterocycles. The number of rotatable bonds is 10. The monoisotopic (exact) mass is 231 g/mol. The SMILES string of the molecule is C=CCCCCCNC(C)C(CO)SC. The van der Waals surface area contributed by atoms with Crippen LogP contribution in [0, 0.1) is 0 Å². The number of nitrogens with one attached hydrogen (secondary N) is 1. The molecule has 0 aliphatic heterocycles. The molecule has 0 saturated carbocycles. The summed E-state index contributed by atoms with van der Waals surface area (Å²) >= 11 is 1.72. The lowest BCUT2D eigenvalue weighted by Crippen LogP contribution is -2.37. The largest absolute Gasteiger partial charge is 0.395 e. The highest BCUT2D eigenvalue weighted by molar-refractivity contribution is 7.99. The first-order valence-corrected chi connectivity index (χ1v) is 7.03. The molecule has 0 bridgehead atoms. The normalized spacial score (nSPS) is 14.9. The fourth-order valence-electron chi connectivity index (χ4n) is 1.49. The third-order valence-electron chi connectivity index (χ3n) is 2.59. The van der Waals surface area contributed by atoms with Crippen molar-refractivity contribution in [3.8, 4) is 0 Å². The van der Waals surface area contributed by atoms with Crippen LogP contribution >= 0.6 is 11.8 Å². The minimum absolute atomic E-state index is 0.256. The lowest BCUT2D eigenvalue weighted by Gasteiger charge is -2.21. The first-order valence-electron chi connectivity index (χ1n) is 5.74. The standard InChI is InChI=1S/C12H25NOS/c1-4-5-6-7-8-9-13-11(2)12(10-14)15-3/h4,11-14H,1,5-10H2,2-3H3. The van der Waals surface area contributed by atoms with Crippen LogP contribution in [0.1, 0.15) is 32.6 Å². The third kappa shape index (κ3) is 7.88. The van der Waals surface area contributed by atoms with Crippen molar-refractivity contribution in [2.24, 2.45) is 0 Å². The number of aliphatic hydroxyl groups is 1. The number of hydrogen-bond acceptors (Lipinski definition) is 3. The Bertz CT molecular complexity index is 149. The maximum atomic E-state index is 9.10. The average Bonchev–Trinajstić information content (AvgIpc) is 2.25. The lowest BCUT2D eigenvalue weighted by atomic mass is 10.2. The molecule has 0 aromatic carbocycles. The van der Waals surface area contributed by atoms with Gasteiger partial charge in [-0.05, 0) is 39.0 Å². The minimum Gasteiger partial charge on any atom is -0.395 e. The smallest absolute Gasteiger partial charge is 0.0564 e. The first kappa shape index (κ1) is 15.0. The van der Waals surface area contributed by atoms with Gasteiger partial charge in [-0.1, -0.05) is 12.5 Å². The molecule has 2 N–H and O–H groups in total. The molecule has 0 fully saturated rings. The van der Waals surface area contributed by atoms with Crippen molar-refractivity contribution in [1.82, 2.24) is 5.32 Å². The van der Waals surface area contributed by atoms with Crippen molar-refractivity contribution in [3.05, 3.63) is 12.7 Å². The van der Waals surface area contributed by atoms with Crippen LogP contribution in [0.5, 0.6) is 0 Å². The summed E-state index contributed by atoms with van der Waals surface area (Å²) in [5, 5.41) is 12.9. The van der Waals surface area contributed by atoms with Gasteiger partial charge in [0.05, 0.1) is 6.61 Å². The predicted octanol–water partition coefficient (Wildman–Crippen LogP) is 2.43. The van der Waals surface area contributed by atoms with Crippen LogP contribution in [0.25, 0.3) is 0 Å². The number of unbranched alkanes of at least 4 members (excludes halogenated alkanes) is 3. The van der Waals surface area contributed by atoms with Crippen LogP contribution in [-0.2, 0) is 0 Å². The number of aliphatic hydroxyl groups excluding tert-OH is 1. The van der Waals surface area contributed by atoms with Gasteiger partial charge in [0.1, 0.15) is 0 Å².